The molecule has 19 nitrogen and oxygen atoms in total. The lowest BCUT2D eigenvalue weighted by atomic mass is 9.97. The quantitative estimate of drug-likeness (QED) is 0.0551. The van der Waals surface area contributed by atoms with Crippen molar-refractivity contribution < 1.29 is 61.1 Å². The molecule has 1 fully saturated rings. The van der Waals surface area contributed by atoms with Crippen molar-refractivity contribution in [1.82, 2.24) is 31.5 Å². The summed E-state index contributed by atoms with van der Waals surface area (Å²) < 4.78 is 43.1. The Hall–Kier alpha value is -7.06. The van der Waals surface area contributed by atoms with Gasteiger partial charge in [-0.15, -0.1) is 0 Å². The second-order valence-electron chi connectivity index (χ2n) is 18.9. The molecule has 6 rings (SSSR count). The molecule has 0 aromatic heterocycles. The van der Waals surface area contributed by atoms with Crippen molar-refractivity contribution >= 4 is 62.3 Å². The second-order valence-corrected chi connectivity index (χ2v) is 20.3. The highest BCUT2D eigenvalue weighted by Crippen LogP contribution is 2.32. The van der Waals surface area contributed by atoms with Gasteiger partial charge in [-0.25, -0.2) is 0 Å². The minimum Gasteiger partial charge on any atom is -0.481 e. The Morgan fingerprint density at radius 1 is 0.746 bits per heavy atom. The molecular formula is C51H62N6O13S. The predicted molar refractivity (Wildman–Crippen MR) is 262 cm³/mol. The van der Waals surface area contributed by atoms with Crippen LogP contribution in [-0.4, -0.2) is 113 Å². The number of nitrogens with one attached hydrogen (secondary N) is 5. The molecule has 71 heavy (non-hydrogen) atoms. The molecule has 6 amide bonds. The molecule has 0 aliphatic carbocycles. The minimum atomic E-state index is -4.32. The number of hydrogen-bond donors (Lipinski definition) is 7. The maximum Gasteiger partial charge on any atom is 0.303 e. The summed E-state index contributed by atoms with van der Waals surface area (Å²) in [5.41, 5.74) is 1.03. The largest absolute Gasteiger partial charge is 0.481 e. The lowest BCUT2D eigenvalue weighted by Crippen LogP contribution is -2.59. The van der Waals surface area contributed by atoms with Crippen LogP contribution in [0.3, 0.4) is 0 Å². The third-order valence-electron chi connectivity index (χ3n) is 12.1. The first-order chi connectivity index (χ1) is 33.7. The number of nitrogens with zero attached hydrogens (tertiary/aromatic N) is 1. The van der Waals surface area contributed by atoms with E-state index in [1.165, 1.54) is 29.2 Å². The molecule has 2 aliphatic heterocycles. The van der Waals surface area contributed by atoms with Crippen LogP contribution in [0.25, 0.3) is 10.8 Å². The summed E-state index contributed by atoms with van der Waals surface area (Å²) >= 11 is 0. The summed E-state index contributed by atoms with van der Waals surface area (Å²) in [7, 11) is -4.32. The van der Waals surface area contributed by atoms with E-state index in [0.29, 0.717) is 35.5 Å². The van der Waals surface area contributed by atoms with E-state index in [1.54, 1.807) is 39.0 Å². The smallest absolute Gasteiger partial charge is 0.303 e. The molecule has 4 aromatic rings. The van der Waals surface area contributed by atoms with Crippen molar-refractivity contribution in [3.63, 3.8) is 0 Å². The van der Waals surface area contributed by atoms with Crippen molar-refractivity contribution in [2.75, 3.05) is 13.3 Å². The molecular weight excluding hydrogens is 937 g/mol. The Morgan fingerprint density at radius 3 is 2.10 bits per heavy atom. The number of likely N-dealkylation sites (tertiary alicyclic amines) is 1. The van der Waals surface area contributed by atoms with E-state index < -0.39 is 93.0 Å². The minimum absolute atomic E-state index is 0.000521. The number of carboxylic acids is 1. The summed E-state index contributed by atoms with van der Waals surface area (Å²) in [5, 5.41) is 25.1. The van der Waals surface area contributed by atoms with Crippen molar-refractivity contribution in [3.8, 4) is 11.5 Å². The fourth-order valence-electron chi connectivity index (χ4n) is 8.65. The van der Waals surface area contributed by atoms with Crippen LogP contribution in [0.1, 0.15) is 99.7 Å². The van der Waals surface area contributed by atoms with Gasteiger partial charge >= 0.3 is 5.97 Å². The van der Waals surface area contributed by atoms with Crippen LogP contribution in [0.5, 0.6) is 11.5 Å². The van der Waals surface area contributed by atoms with Gasteiger partial charge in [0.15, 0.2) is 11.5 Å². The van der Waals surface area contributed by atoms with Crippen LogP contribution in [0, 0.1) is 0 Å². The zero-order valence-corrected chi connectivity index (χ0v) is 41.0. The zero-order valence-electron chi connectivity index (χ0n) is 40.2. The van der Waals surface area contributed by atoms with Crippen LogP contribution in [0.2, 0.25) is 0 Å². The average molecular weight is 999 g/mol. The van der Waals surface area contributed by atoms with E-state index in [-0.39, 0.29) is 63.8 Å². The van der Waals surface area contributed by atoms with E-state index in [2.05, 4.69) is 26.6 Å². The van der Waals surface area contributed by atoms with Gasteiger partial charge in [-0.2, -0.15) is 8.42 Å². The van der Waals surface area contributed by atoms with E-state index >= 15 is 0 Å². The zero-order chi connectivity index (χ0) is 51.5. The third kappa shape index (κ3) is 15.2. The van der Waals surface area contributed by atoms with Gasteiger partial charge in [-0.1, -0.05) is 80.1 Å². The Bertz CT molecular complexity index is 2720. The van der Waals surface area contributed by atoms with Gasteiger partial charge in [-0.3, -0.25) is 38.1 Å². The van der Waals surface area contributed by atoms with E-state index in [1.807, 2.05) is 49.4 Å². The molecule has 0 unspecified atom stereocenters. The maximum absolute atomic E-state index is 14.6. The van der Waals surface area contributed by atoms with Gasteiger partial charge in [0.05, 0.1) is 0 Å². The number of hydrogen-bond acceptors (Lipinski definition) is 11. The number of aliphatic carboxylic acids is 1. The topological polar surface area (TPSA) is 276 Å². The van der Waals surface area contributed by atoms with Gasteiger partial charge in [-0.05, 0) is 98.5 Å². The van der Waals surface area contributed by atoms with Crippen molar-refractivity contribution in [3.05, 3.63) is 107 Å². The maximum atomic E-state index is 14.6. The highest BCUT2D eigenvalue weighted by molar-refractivity contribution is 7.85. The van der Waals surface area contributed by atoms with Gasteiger partial charge in [0, 0.05) is 36.9 Å². The molecule has 2 aliphatic rings. The first-order valence-electron chi connectivity index (χ1n) is 23.6. The summed E-state index contributed by atoms with van der Waals surface area (Å²) in [5.74, 6) is -4.65. The van der Waals surface area contributed by atoms with Crippen molar-refractivity contribution in [2.45, 2.75) is 127 Å². The van der Waals surface area contributed by atoms with Gasteiger partial charge in [0.25, 0.3) is 16.0 Å². The number of carbonyl (C=O) groups excluding carboxylic acids is 6. The van der Waals surface area contributed by atoms with E-state index in [9.17, 15) is 51.6 Å². The van der Waals surface area contributed by atoms with Crippen LogP contribution in [0.4, 0.5) is 0 Å². The highest BCUT2D eigenvalue weighted by atomic mass is 32.2. The fraction of sp³-hybridized carbons (Fsp3) is 0.431. The summed E-state index contributed by atoms with van der Waals surface area (Å²) in [6.07, 6.45) is 1.04. The number of ether oxygens (including phenoxy) is 2. The normalized spacial score (nSPS) is 16.0. The van der Waals surface area contributed by atoms with Crippen LogP contribution in [-0.2, 0) is 57.5 Å². The molecule has 0 spiro atoms. The lowest BCUT2D eigenvalue weighted by Gasteiger charge is -2.31. The second kappa shape index (κ2) is 23.7. The lowest BCUT2D eigenvalue weighted by molar-refractivity contribution is -0.142. The molecule has 0 saturated carbocycles. The van der Waals surface area contributed by atoms with E-state index in [0.717, 1.165) is 16.3 Å². The van der Waals surface area contributed by atoms with Gasteiger partial charge in [0.1, 0.15) is 36.0 Å². The molecule has 4 aromatic carbocycles. The molecule has 0 bridgehead atoms. The molecule has 2 heterocycles. The van der Waals surface area contributed by atoms with Gasteiger partial charge < -0.3 is 46.1 Å². The van der Waals surface area contributed by atoms with Crippen LogP contribution < -0.4 is 36.1 Å². The summed E-state index contributed by atoms with van der Waals surface area (Å²) in [4.78, 5) is 97.8. The molecule has 7 N–H and O–H groups in total. The summed E-state index contributed by atoms with van der Waals surface area (Å²) in [6, 6.07) is 17.9. The van der Waals surface area contributed by atoms with Gasteiger partial charge in [0.2, 0.25) is 36.3 Å². The molecule has 380 valence electrons. The number of benzene rings is 4. The fourth-order valence-corrected chi connectivity index (χ4v) is 9.26. The number of amides is 6. The standard InChI is InChI=1S/C51H62N6O13S/c1-5-11-38(53-46(61)39(26-31-19-21-32(22-20-31)29-71(66,67)68)54-45(60)35-23-24-42-43(28-35)70-30-69-42)50(65)57-25-10-17-41(57)49(64)55-40(27-34-14-8-13-33-12-6-7-15-36(33)34)47(62)52-37(16-9-18-44(58)59)48(63)56-51(2,3)4/h6-8,12-15,19-24,28,37-41H,5,9-11,16-18,25-27,29-30H2,1-4H3,(H,52,62)(H,53,61)(H,54,60)(H,55,64)(H,56,63)(H,58,59)(H,66,67,68)/t37-,38-,39-,40-,41-/m0/s1. The van der Waals surface area contributed by atoms with Crippen LogP contribution >= 0.6 is 0 Å². The predicted octanol–water partition coefficient (Wildman–Crippen LogP) is 3.96. The Morgan fingerprint density at radius 2 is 1.41 bits per heavy atom. The Labute approximate surface area is 412 Å². The van der Waals surface area contributed by atoms with Crippen LogP contribution in [0.15, 0.2) is 84.9 Å². The highest BCUT2D eigenvalue weighted by Gasteiger charge is 2.40. The first kappa shape index (κ1) is 53.3. The molecule has 1 saturated heterocycles. The average Bonchev–Trinajstić information content (AvgIpc) is 4.00. The van der Waals surface area contributed by atoms with Crippen molar-refractivity contribution in [2.24, 2.45) is 0 Å². The molecule has 20 heteroatoms. The number of carboxylic acid groups (broad SMARTS) is 1. The number of carbonyl (C=O) groups is 7. The monoisotopic (exact) mass is 998 g/mol. The Kier molecular flexibility index (Phi) is 17.8. The number of fused-ring (bicyclic) bond motifs is 2. The molecule has 5 atom stereocenters. The number of rotatable bonds is 22. The summed E-state index contributed by atoms with van der Waals surface area (Å²) in [6.45, 7) is 7.27. The van der Waals surface area contributed by atoms with E-state index in [4.69, 9.17) is 9.47 Å². The SMILES string of the molecule is CCC[C@H](NC(=O)[C@H](Cc1ccc(CS(=O)(=O)O)cc1)NC(=O)c1ccc2c(c1)OCO2)C(=O)N1CCC[C@H]1C(=O)N[C@@H](Cc1cccc2ccccc12)C(=O)N[C@@H](CCCC(=O)O)C(=O)NC(C)(C)C. The first-order valence-corrected chi connectivity index (χ1v) is 25.2. The third-order valence-corrected chi connectivity index (χ3v) is 12.7. The Balaban J connectivity index is 1.23. The van der Waals surface area contributed by atoms with Crippen molar-refractivity contribution in [1.29, 1.82) is 0 Å². The molecule has 0 radical (unpaired) electrons.